The van der Waals surface area contributed by atoms with E-state index in [0.29, 0.717) is 10.8 Å². The van der Waals surface area contributed by atoms with Gasteiger partial charge in [-0.25, -0.2) is 4.98 Å². The fraction of sp³-hybridized carbons (Fsp3) is 0.167. The van der Waals surface area contributed by atoms with Crippen molar-refractivity contribution in [1.29, 1.82) is 0 Å². The molecule has 22 heavy (non-hydrogen) atoms. The SMILES string of the molecule is CC(Nc1nc2ccccc2cc1CO)c1ccccc1Cl. The molecule has 1 unspecified atom stereocenters. The number of rotatable bonds is 4. The number of para-hydroxylation sites is 1. The molecule has 1 atom stereocenters. The summed E-state index contributed by atoms with van der Waals surface area (Å²) in [6, 6.07) is 17.5. The summed E-state index contributed by atoms with van der Waals surface area (Å²) < 4.78 is 0. The number of aromatic nitrogens is 1. The van der Waals surface area contributed by atoms with Crippen LogP contribution in [0.3, 0.4) is 0 Å². The molecule has 0 spiro atoms. The first kappa shape index (κ1) is 14.8. The van der Waals surface area contributed by atoms with E-state index in [4.69, 9.17) is 11.6 Å². The van der Waals surface area contributed by atoms with Crippen LogP contribution in [0.25, 0.3) is 10.9 Å². The van der Waals surface area contributed by atoms with E-state index in [1.807, 2.05) is 61.5 Å². The topological polar surface area (TPSA) is 45.2 Å². The largest absolute Gasteiger partial charge is 0.392 e. The Balaban J connectivity index is 1.97. The lowest BCUT2D eigenvalue weighted by atomic mass is 10.1. The molecule has 112 valence electrons. The Morgan fingerprint density at radius 1 is 1.14 bits per heavy atom. The number of aliphatic hydroxyl groups excluding tert-OH is 1. The van der Waals surface area contributed by atoms with Crippen molar-refractivity contribution >= 4 is 28.3 Å². The highest BCUT2D eigenvalue weighted by molar-refractivity contribution is 6.31. The van der Waals surface area contributed by atoms with Gasteiger partial charge in [0.05, 0.1) is 18.2 Å². The van der Waals surface area contributed by atoms with Crippen molar-refractivity contribution in [2.24, 2.45) is 0 Å². The van der Waals surface area contributed by atoms with Gasteiger partial charge in [0.25, 0.3) is 0 Å². The van der Waals surface area contributed by atoms with Gasteiger partial charge in [-0.15, -0.1) is 0 Å². The molecule has 3 rings (SSSR count). The molecule has 3 aromatic rings. The number of halogens is 1. The molecule has 0 radical (unpaired) electrons. The maximum absolute atomic E-state index is 9.61. The quantitative estimate of drug-likeness (QED) is 0.742. The first-order valence-corrected chi connectivity index (χ1v) is 7.57. The highest BCUT2D eigenvalue weighted by Crippen LogP contribution is 2.28. The number of fused-ring (bicyclic) bond motifs is 1. The normalized spacial score (nSPS) is 12.3. The van der Waals surface area contributed by atoms with Gasteiger partial charge in [-0.1, -0.05) is 48.0 Å². The number of hydrogen-bond acceptors (Lipinski definition) is 3. The van der Waals surface area contributed by atoms with E-state index in [2.05, 4.69) is 10.3 Å². The number of hydrogen-bond donors (Lipinski definition) is 2. The Morgan fingerprint density at radius 3 is 2.64 bits per heavy atom. The Morgan fingerprint density at radius 2 is 1.86 bits per heavy atom. The lowest BCUT2D eigenvalue weighted by Gasteiger charge is -2.18. The summed E-state index contributed by atoms with van der Waals surface area (Å²) in [5.41, 5.74) is 2.68. The van der Waals surface area contributed by atoms with Crippen LogP contribution < -0.4 is 5.32 Å². The molecule has 0 fully saturated rings. The Hall–Kier alpha value is -2.10. The van der Waals surface area contributed by atoms with Crippen molar-refractivity contribution in [3.63, 3.8) is 0 Å². The number of anilines is 1. The molecule has 4 heteroatoms. The van der Waals surface area contributed by atoms with Crippen molar-refractivity contribution < 1.29 is 5.11 Å². The van der Waals surface area contributed by atoms with Gasteiger partial charge in [-0.3, -0.25) is 0 Å². The third kappa shape index (κ3) is 2.91. The van der Waals surface area contributed by atoms with Crippen LogP contribution in [-0.4, -0.2) is 10.1 Å². The summed E-state index contributed by atoms with van der Waals surface area (Å²) in [4.78, 5) is 4.63. The fourth-order valence-corrected chi connectivity index (χ4v) is 2.81. The minimum absolute atomic E-state index is 0.00679. The van der Waals surface area contributed by atoms with Crippen molar-refractivity contribution in [2.45, 2.75) is 19.6 Å². The van der Waals surface area contributed by atoms with E-state index in [0.717, 1.165) is 22.0 Å². The summed E-state index contributed by atoms with van der Waals surface area (Å²) in [5, 5.41) is 14.7. The summed E-state index contributed by atoms with van der Waals surface area (Å²) in [6.45, 7) is 1.97. The smallest absolute Gasteiger partial charge is 0.132 e. The van der Waals surface area contributed by atoms with Gasteiger partial charge < -0.3 is 10.4 Å². The van der Waals surface area contributed by atoms with Gasteiger partial charge in [-0.2, -0.15) is 0 Å². The van der Waals surface area contributed by atoms with Crippen LogP contribution >= 0.6 is 11.6 Å². The lowest BCUT2D eigenvalue weighted by Crippen LogP contribution is -2.10. The minimum atomic E-state index is -0.0601. The molecule has 0 aliphatic carbocycles. The third-order valence-electron chi connectivity index (χ3n) is 3.70. The number of pyridine rings is 1. The molecule has 2 aromatic carbocycles. The highest BCUT2D eigenvalue weighted by atomic mass is 35.5. The van der Waals surface area contributed by atoms with Crippen molar-refractivity contribution in [3.8, 4) is 0 Å². The monoisotopic (exact) mass is 312 g/mol. The van der Waals surface area contributed by atoms with Gasteiger partial charge in [-0.05, 0) is 30.7 Å². The predicted molar refractivity (Wildman–Crippen MR) is 91.2 cm³/mol. The molecule has 1 aromatic heterocycles. The van der Waals surface area contributed by atoms with E-state index in [1.54, 1.807) is 0 Å². The Kier molecular flexibility index (Phi) is 4.27. The number of nitrogens with zero attached hydrogens (tertiary/aromatic N) is 1. The van der Waals surface area contributed by atoms with E-state index in [-0.39, 0.29) is 12.6 Å². The van der Waals surface area contributed by atoms with E-state index in [1.165, 1.54) is 0 Å². The predicted octanol–water partition coefficient (Wildman–Crippen LogP) is 4.55. The van der Waals surface area contributed by atoms with Gasteiger partial charge in [0.2, 0.25) is 0 Å². The highest BCUT2D eigenvalue weighted by Gasteiger charge is 2.12. The molecule has 1 heterocycles. The molecular weight excluding hydrogens is 296 g/mol. The summed E-state index contributed by atoms with van der Waals surface area (Å²) in [5.74, 6) is 0.689. The minimum Gasteiger partial charge on any atom is -0.392 e. The van der Waals surface area contributed by atoms with Crippen LogP contribution in [0.4, 0.5) is 5.82 Å². The average molecular weight is 313 g/mol. The number of benzene rings is 2. The number of nitrogens with one attached hydrogen (secondary N) is 1. The zero-order chi connectivity index (χ0) is 15.5. The first-order chi connectivity index (χ1) is 10.7. The van der Waals surface area contributed by atoms with Gasteiger partial charge in [0, 0.05) is 16.0 Å². The lowest BCUT2D eigenvalue weighted by molar-refractivity contribution is 0.282. The molecule has 0 amide bonds. The third-order valence-corrected chi connectivity index (χ3v) is 4.04. The second-order valence-electron chi connectivity index (χ2n) is 5.23. The first-order valence-electron chi connectivity index (χ1n) is 7.19. The second kappa shape index (κ2) is 6.34. The van der Waals surface area contributed by atoms with Crippen LogP contribution in [0.5, 0.6) is 0 Å². The van der Waals surface area contributed by atoms with Gasteiger partial charge >= 0.3 is 0 Å². The van der Waals surface area contributed by atoms with E-state index >= 15 is 0 Å². The summed E-state index contributed by atoms with van der Waals surface area (Å²) in [6.07, 6.45) is 0. The van der Waals surface area contributed by atoms with Crippen molar-refractivity contribution in [2.75, 3.05) is 5.32 Å². The zero-order valence-electron chi connectivity index (χ0n) is 12.3. The van der Waals surface area contributed by atoms with Crippen LogP contribution in [0.2, 0.25) is 5.02 Å². The number of aliphatic hydroxyl groups is 1. The van der Waals surface area contributed by atoms with Crippen molar-refractivity contribution in [1.82, 2.24) is 4.98 Å². The van der Waals surface area contributed by atoms with Crippen molar-refractivity contribution in [3.05, 3.63) is 70.7 Å². The van der Waals surface area contributed by atoms with Gasteiger partial charge in [0.15, 0.2) is 0 Å². The molecule has 2 N–H and O–H groups in total. The molecular formula is C18H17ClN2O. The molecule has 0 saturated carbocycles. The molecule has 0 saturated heterocycles. The van der Waals surface area contributed by atoms with Gasteiger partial charge in [0.1, 0.15) is 5.82 Å². The molecule has 0 aliphatic heterocycles. The van der Waals surface area contributed by atoms with E-state index in [9.17, 15) is 5.11 Å². The van der Waals surface area contributed by atoms with Crippen LogP contribution in [-0.2, 0) is 6.61 Å². The maximum Gasteiger partial charge on any atom is 0.132 e. The molecule has 3 nitrogen and oxygen atoms in total. The van der Waals surface area contributed by atoms with Crippen LogP contribution in [0.15, 0.2) is 54.6 Å². The second-order valence-corrected chi connectivity index (χ2v) is 5.64. The Bertz CT molecular complexity index is 804. The Labute approximate surface area is 134 Å². The summed E-state index contributed by atoms with van der Waals surface area (Å²) >= 11 is 6.24. The average Bonchev–Trinajstić information content (AvgIpc) is 2.54. The molecule has 0 bridgehead atoms. The van der Waals surface area contributed by atoms with Crippen LogP contribution in [0.1, 0.15) is 24.1 Å². The standard InChI is InChI=1S/C18H17ClN2O/c1-12(15-7-3-4-8-16(15)19)20-18-14(11-22)10-13-6-2-5-9-17(13)21-18/h2-10,12,22H,11H2,1H3,(H,20,21). The van der Waals surface area contributed by atoms with E-state index < -0.39 is 0 Å². The zero-order valence-corrected chi connectivity index (χ0v) is 13.0. The summed E-state index contributed by atoms with van der Waals surface area (Å²) in [7, 11) is 0. The fourth-order valence-electron chi connectivity index (χ4n) is 2.51. The maximum atomic E-state index is 9.61. The molecule has 0 aliphatic rings. The van der Waals surface area contributed by atoms with Crippen LogP contribution in [0, 0.1) is 0 Å².